The molecule has 0 fully saturated rings. The molecular weight excluding hydrogens is 262 g/mol. The number of pyridine rings is 1. The molecule has 0 atom stereocenters. The maximum absolute atomic E-state index is 12.2. The van der Waals surface area contributed by atoms with E-state index >= 15 is 0 Å². The molecule has 0 aliphatic heterocycles. The molecule has 1 amide bonds. The minimum Gasteiger partial charge on any atom is -0.385 e. The van der Waals surface area contributed by atoms with Crippen LogP contribution in [0.1, 0.15) is 28.4 Å². The highest BCUT2D eigenvalue weighted by Crippen LogP contribution is 2.15. The number of nitrogens with zero attached hydrogens (tertiary/aromatic N) is 1. The number of anilines is 1. The summed E-state index contributed by atoms with van der Waals surface area (Å²) in [4.78, 5) is 16.2. The molecule has 0 spiro atoms. The molecule has 0 aliphatic rings. The Bertz CT molecular complexity index is 596. The number of aromatic nitrogens is 1. The van der Waals surface area contributed by atoms with Crippen molar-refractivity contribution < 1.29 is 4.79 Å². The summed E-state index contributed by atoms with van der Waals surface area (Å²) >= 11 is 0. The van der Waals surface area contributed by atoms with Crippen molar-refractivity contribution in [2.24, 2.45) is 0 Å². The summed E-state index contributed by atoms with van der Waals surface area (Å²) in [5.41, 5.74) is 3.87. The Hall–Kier alpha value is -2.36. The summed E-state index contributed by atoms with van der Waals surface area (Å²) in [5.74, 6) is -0.0283. The first kappa shape index (κ1) is 15.0. The van der Waals surface area contributed by atoms with Crippen LogP contribution >= 0.6 is 0 Å². The molecule has 2 aromatic rings. The molecule has 0 unspecified atom stereocenters. The third-order valence-corrected chi connectivity index (χ3v) is 3.27. The van der Waals surface area contributed by atoms with Crippen LogP contribution in [0.25, 0.3) is 0 Å². The van der Waals surface area contributed by atoms with E-state index in [0.29, 0.717) is 6.54 Å². The van der Waals surface area contributed by atoms with Gasteiger partial charge in [0.05, 0.1) is 0 Å². The second-order valence-corrected chi connectivity index (χ2v) is 4.93. The van der Waals surface area contributed by atoms with Crippen LogP contribution in [0.2, 0.25) is 0 Å². The van der Waals surface area contributed by atoms with E-state index < -0.39 is 0 Å². The zero-order chi connectivity index (χ0) is 15.1. The van der Waals surface area contributed by atoms with E-state index in [2.05, 4.69) is 15.6 Å². The van der Waals surface area contributed by atoms with Gasteiger partial charge in [0, 0.05) is 36.7 Å². The molecule has 110 valence electrons. The fourth-order valence-electron chi connectivity index (χ4n) is 2.19. The van der Waals surface area contributed by atoms with Gasteiger partial charge in [-0.05, 0) is 55.7 Å². The van der Waals surface area contributed by atoms with E-state index in [1.165, 1.54) is 0 Å². The summed E-state index contributed by atoms with van der Waals surface area (Å²) in [6.45, 7) is 5.49. The SMILES string of the molecule is CCNc1ccc(C(=O)NCCc2cccnc2)c(C)c1. The van der Waals surface area contributed by atoms with Crippen molar-refractivity contribution in [2.75, 3.05) is 18.4 Å². The molecule has 0 saturated heterocycles. The normalized spacial score (nSPS) is 10.2. The molecule has 1 aromatic heterocycles. The molecular formula is C17H21N3O. The number of rotatable bonds is 6. The van der Waals surface area contributed by atoms with Crippen LogP contribution < -0.4 is 10.6 Å². The van der Waals surface area contributed by atoms with Crippen molar-refractivity contribution >= 4 is 11.6 Å². The molecule has 4 heteroatoms. The Labute approximate surface area is 125 Å². The van der Waals surface area contributed by atoms with E-state index in [4.69, 9.17) is 0 Å². The lowest BCUT2D eigenvalue weighted by Crippen LogP contribution is -2.26. The summed E-state index contributed by atoms with van der Waals surface area (Å²) in [6, 6.07) is 9.72. The summed E-state index contributed by atoms with van der Waals surface area (Å²) in [5, 5.41) is 6.19. The Balaban J connectivity index is 1.91. The van der Waals surface area contributed by atoms with Gasteiger partial charge < -0.3 is 10.6 Å². The van der Waals surface area contributed by atoms with Crippen LogP contribution in [0.4, 0.5) is 5.69 Å². The van der Waals surface area contributed by atoms with Crippen LogP contribution in [0.15, 0.2) is 42.7 Å². The van der Waals surface area contributed by atoms with Crippen molar-refractivity contribution in [3.05, 3.63) is 59.4 Å². The monoisotopic (exact) mass is 283 g/mol. The largest absolute Gasteiger partial charge is 0.385 e. The lowest BCUT2D eigenvalue weighted by Gasteiger charge is -2.10. The zero-order valence-electron chi connectivity index (χ0n) is 12.5. The van der Waals surface area contributed by atoms with Gasteiger partial charge >= 0.3 is 0 Å². The van der Waals surface area contributed by atoms with Gasteiger partial charge in [0.2, 0.25) is 0 Å². The van der Waals surface area contributed by atoms with Gasteiger partial charge in [-0.1, -0.05) is 6.07 Å². The van der Waals surface area contributed by atoms with Crippen LogP contribution in [-0.2, 0) is 6.42 Å². The fraction of sp³-hybridized carbons (Fsp3) is 0.294. The Morgan fingerprint density at radius 2 is 2.14 bits per heavy atom. The Morgan fingerprint density at radius 3 is 2.81 bits per heavy atom. The van der Waals surface area contributed by atoms with Crippen LogP contribution in [-0.4, -0.2) is 24.0 Å². The second-order valence-electron chi connectivity index (χ2n) is 4.93. The quantitative estimate of drug-likeness (QED) is 0.857. The Kier molecular flexibility index (Phi) is 5.32. The summed E-state index contributed by atoms with van der Waals surface area (Å²) < 4.78 is 0. The van der Waals surface area contributed by atoms with Gasteiger partial charge in [-0.2, -0.15) is 0 Å². The zero-order valence-corrected chi connectivity index (χ0v) is 12.5. The number of hydrogen-bond acceptors (Lipinski definition) is 3. The first-order valence-electron chi connectivity index (χ1n) is 7.22. The third-order valence-electron chi connectivity index (χ3n) is 3.27. The van der Waals surface area contributed by atoms with Gasteiger partial charge in [-0.25, -0.2) is 0 Å². The van der Waals surface area contributed by atoms with Gasteiger partial charge in [-0.3, -0.25) is 9.78 Å². The van der Waals surface area contributed by atoms with E-state index in [1.54, 1.807) is 6.20 Å². The van der Waals surface area contributed by atoms with Gasteiger partial charge in [0.1, 0.15) is 0 Å². The number of nitrogens with one attached hydrogen (secondary N) is 2. The van der Waals surface area contributed by atoms with Gasteiger partial charge in [-0.15, -0.1) is 0 Å². The summed E-state index contributed by atoms with van der Waals surface area (Å²) in [7, 11) is 0. The molecule has 1 heterocycles. The number of aryl methyl sites for hydroxylation is 1. The average molecular weight is 283 g/mol. The highest BCUT2D eigenvalue weighted by Gasteiger charge is 2.08. The van der Waals surface area contributed by atoms with Gasteiger partial charge in [0.15, 0.2) is 0 Å². The minimum atomic E-state index is -0.0283. The second kappa shape index (κ2) is 7.43. The summed E-state index contributed by atoms with van der Waals surface area (Å²) in [6.07, 6.45) is 4.36. The minimum absolute atomic E-state index is 0.0283. The number of carbonyl (C=O) groups excluding carboxylic acids is 1. The Morgan fingerprint density at radius 1 is 1.29 bits per heavy atom. The standard InChI is InChI=1S/C17H21N3O/c1-3-19-15-6-7-16(13(2)11-15)17(21)20-10-8-14-5-4-9-18-12-14/h4-7,9,11-12,19H,3,8,10H2,1-2H3,(H,20,21). The van der Waals surface area contributed by atoms with Crippen molar-refractivity contribution in [1.82, 2.24) is 10.3 Å². The molecule has 21 heavy (non-hydrogen) atoms. The number of hydrogen-bond donors (Lipinski definition) is 2. The molecule has 1 aromatic carbocycles. The first-order chi connectivity index (χ1) is 10.2. The van der Waals surface area contributed by atoms with E-state index in [-0.39, 0.29) is 5.91 Å². The van der Waals surface area contributed by atoms with E-state index in [1.807, 2.05) is 50.4 Å². The van der Waals surface area contributed by atoms with Crippen molar-refractivity contribution in [2.45, 2.75) is 20.3 Å². The van der Waals surface area contributed by atoms with Crippen LogP contribution in [0, 0.1) is 6.92 Å². The van der Waals surface area contributed by atoms with Crippen molar-refractivity contribution in [1.29, 1.82) is 0 Å². The molecule has 0 radical (unpaired) electrons. The lowest BCUT2D eigenvalue weighted by molar-refractivity contribution is 0.0953. The van der Waals surface area contributed by atoms with Crippen molar-refractivity contribution in [3.63, 3.8) is 0 Å². The molecule has 4 nitrogen and oxygen atoms in total. The highest BCUT2D eigenvalue weighted by atomic mass is 16.1. The molecule has 2 N–H and O–H groups in total. The average Bonchev–Trinajstić information content (AvgIpc) is 2.48. The smallest absolute Gasteiger partial charge is 0.251 e. The van der Waals surface area contributed by atoms with Gasteiger partial charge in [0.25, 0.3) is 5.91 Å². The molecule has 2 rings (SSSR count). The first-order valence-corrected chi connectivity index (χ1v) is 7.22. The predicted octanol–water partition coefficient (Wildman–Crippen LogP) is 2.79. The lowest BCUT2D eigenvalue weighted by atomic mass is 10.1. The number of amides is 1. The molecule has 0 saturated carbocycles. The number of carbonyl (C=O) groups is 1. The topological polar surface area (TPSA) is 54.0 Å². The number of benzene rings is 1. The van der Waals surface area contributed by atoms with E-state index in [9.17, 15) is 4.79 Å². The maximum Gasteiger partial charge on any atom is 0.251 e. The third kappa shape index (κ3) is 4.31. The predicted molar refractivity (Wildman–Crippen MR) is 85.6 cm³/mol. The van der Waals surface area contributed by atoms with Crippen LogP contribution in [0.5, 0.6) is 0 Å². The highest BCUT2D eigenvalue weighted by molar-refractivity contribution is 5.96. The fourth-order valence-corrected chi connectivity index (χ4v) is 2.19. The molecule has 0 bridgehead atoms. The molecule has 0 aliphatic carbocycles. The van der Waals surface area contributed by atoms with Crippen LogP contribution in [0.3, 0.4) is 0 Å². The van der Waals surface area contributed by atoms with Crippen molar-refractivity contribution in [3.8, 4) is 0 Å². The maximum atomic E-state index is 12.2. The van der Waals surface area contributed by atoms with E-state index in [0.717, 1.165) is 35.3 Å².